The number of hydrogen-bond acceptors (Lipinski definition) is 1. The number of pyridine rings is 1. The van der Waals surface area contributed by atoms with E-state index in [2.05, 4.69) is 37.9 Å². The Morgan fingerprint density at radius 2 is 1.79 bits per heavy atom. The molecule has 6 unspecified atom stereocenters. The minimum absolute atomic E-state index is 0.0903. The minimum atomic E-state index is -2.44. The molecule has 0 bridgehead atoms. The molecule has 0 N–H and O–H groups in total. The van der Waals surface area contributed by atoms with E-state index in [9.17, 15) is 8.78 Å². The van der Waals surface area contributed by atoms with E-state index in [1.54, 1.807) is 0 Å². The third-order valence-electron chi connectivity index (χ3n) is 9.79. The number of hydrogen-bond donors (Lipinski definition) is 0. The van der Waals surface area contributed by atoms with Crippen molar-refractivity contribution < 1.29 is 8.78 Å². The first kappa shape index (κ1) is 18.8. The molecular weight excluding hydrogens is 352 g/mol. The van der Waals surface area contributed by atoms with Crippen LogP contribution in [-0.2, 0) is 0 Å². The van der Waals surface area contributed by atoms with Crippen LogP contribution in [0.15, 0.2) is 30.6 Å². The van der Waals surface area contributed by atoms with E-state index in [4.69, 9.17) is 0 Å². The van der Waals surface area contributed by atoms with Crippen molar-refractivity contribution in [3.05, 3.63) is 36.2 Å². The van der Waals surface area contributed by atoms with Crippen LogP contribution in [0.2, 0.25) is 0 Å². The molecule has 1 aromatic heterocycles. The molecule has 4 aliphatic rings. The summed E-state index contributed by atoms with van der Waals surface area (Å²) in [5, 5.41) is 0. The number of rotatable bonds is 1. The summed E-state index contributed by atoms with van der Waals surface area (Å²) < 4.78 is 28.3. The Balaban J connectivity index is 1.48. The number of alkyl halides is 2. The molecule has 0 aromatic carbocycles. The van der Waals surface area contributed by atoms with Gasteiger partial charge in [0.25, 0.3) is 0 Å². The third-order valence-corrected chi connectivity index (χ3v) is 9.79. The molecule has 1 aromatic rings. The highest BCUT2D eigenvalue weighted by Crippen LogP contribution is 2.72. The van der Waals surface area contributed by atoms with Gasteiger partial charge in [-0.15, -0.1) is 0 Å². The molecule has 4 aliphatic carbocycles. The van der Waals surface area contributed by atoms with Gasteiger partial charge in [-0.05, 0) is 89.7 Å². The fraction of sp³-hybridized carbons (Fsp3) is 0.720. The Labute approximate surface area is 168 Å². The van der Waals surface area contributed by atoms with E-state index >= 15 is 0 Å². The highest BCUT2D eigenvalue weighted by Gasteiger charge is 2.65. The zero-order chi connectivity index (χ0) is 19.8. The lowest BCUT2D eigenvalue weighted by atomic mass is 9.39. The van der Waals surface area contributed by atoms with Crippen LogP contribution in [0, 0.1) is 34.0 Å². The average molecular weight is 386 g/mol. The second-order valence-corrected chi connectivity index (χ2v) is 11.0. The molecule has 0 amide bonds. The molecule has 6 atom stereocenters. The van der Waals surface area contributed by atoms with Gasteiger partial charge >= 0.3 is 0 Å². The van der Waals surface area contributed by atoms with Gasteiger partial charge in [-0.25, -0.2) is 8.78 Å². The topological polar surface area (TPSA) is 12.9 Å². The number of allylic oxidation sites excluding steroid dienone is 2. The third kappa shape index (κ3) is 2.43. The molecule has 3 fully saturated rings. The highest BCUT2D eigenvalue weighted by molar-refractivity contribution is 5.72. The van der Waals surface area contributed by atoms with Crippen LogP contribution in [0.1, 0.15) is 77.7 Å². The van der Waals surface area contributed by atoms with E-state index < -0.39 is 5.92 Å². The Hall–Kier alpha value is -1.25. The van der Waals surface area contributed by atoms with Crippen molar-refractivity contribution in [2.24, 2.45) is 34.0 Å². The van der Waals surface area contributed by atoms with E-state index in [1.165, 1.54) is 24.0 Å². The maximum absolute atomic E-state index is 14.2. The molecule has 0 radical (unpaired) electrons. The van der Waals surface area contributed by atoms with Gasteiger partial charge in [0, 0.05) is 25.2 Å². The van der Waals surface area contributed by atoms with Crippen molar-refractivity contribution in [1.29, 1.82) is 0 Å². The molecule has 5 rings (SSSR count). The lowest BCUT2D eigenvalue weighted by Crippen LogP contribution is -2.59. The molecule has 0 saturated heterocycles. The van der Waals surface area contributed by atoms with Crippen LogP contribution in [0.5, 0.6) is 0 Å². The smallest absolute Gasteiger partial charge is 0.248 e. The van der Waals surface area contributed by atoms with Crippen LogP contribution in [0.25, 0.3) is 5.57 Å². The number of nitrogens with zero attached hydrogens (tertiary/aromatic N) is 1. The highest BCUT2D eigenvalue weighted by atomic mass is 19.3. The summed E-state index contributed by atoms with van der Waals surface area (Å²) in [6.07, 6.45) is 12.8. The van der Waals surface area contributed by atoms with Crippen molar-refractivity contribution in [2.45, 2.75) is 78.1 Å². The summed E-state index contributed by atoms with van der Waals surface area (Å²) in [5.74, 6) is -1.04. The quantitative estimate of drug-likeness (QED) is 0.500. The standard InChI is InChI=1S/C25H33F2N/c1-22-12-13-25(26,27)15-18(22)8-10-24(3)20-7-6-19(17-5-4-14-28-16-17)23(20,2)11-9-21(22)24/h4-6,14,16,18,20-21H,7-13,15H2,1-3H3. The van der Waals surface area contributed by atoms with E-state index in [0.717, 1.165) is 19.3 Å². The van der Waals surface area contributed by atoms with Crippen LogP contribution < -0.4 is 0 Å². The summed E-state index contributed by atoms with van der Waals surface area (Å²) in [7, 11) is 0. The van der Waals surface area contributed by atoms with Crippen molar-refractivity contribution in [3.8, 4) is 0 Å². The van der Waals surface area contributed by atoms with Gasteiger partial charge in [0.1, 0.15) is 0 Å². The van der Waals surface area contributed by atoms with Gasteiger partial charge in [-0.3, -0.25) is 4.98 Å². The van der Waals surface area contributed by atoms with Gasteiger partial charge in [0.05, 0.1) is 0 Å². The normalized spacial score (nSPS) is 46.9. The summed E-state index contributed by atoms with van der Waals surface area (Å²) >= 11 is 0. The van der Waals surface area contributed by atoms with Gasteiger partial charge < -0.3 is 0 Å². The van der Waals surface area contributed by atoms with Crippen molar-refractivity contribution in [2.75, 3.05) is 0 Å². The molecule has 1 nitrogen and oxygen atoms in total. The van der Waals surface area contributed by atoms with Gasteiger partial charge in [-0.1, -0.05) is 32.9 Å². The SMILES string of the molecule is CC12CCC3C4(C)CCC(F)(F)CC4CCC3(C)C1CC=C2c1cccnc1. The Bertz CT molecular complexity index is 802. The Morgan fingerprint density at radius 3 is 2.54 bits per heavy atom. The number of aromatic nitrogens is 1. The molecule has 3 heteroatoms. The molecule has 28 heavy (non-hydrogen) atoms. The fourth-order valence-corrected chi connectivity index (χ4v) is 8.37. The van der Waals surface area contributed by atoms with E-state index in [0.29, 0.717) is 18.3 Å². The van der Waals surface area contributed by atoms with Crippen LogP contribution in [-0.4, -0.2) is 10.9 Å². The largest absolute Gasteiger partial charge is 0.264 e. The first-order chi connectivity index (χ1) is 13.2. The maximum Gasteiger partial charge on any atom is 0.248 e. The summed E-state index contributed by atoms with van der Waals surface area (Å²) in [6, 6.07) is 4.23. The van der Waals surface area contributed by atoms with Gasteiger partial charge in [-0.2, -0.15) is 0 Å². The van der Waals surface area contributed by atoms with Crippen LogP contribution >= 0.6 is 0 Å². The molecule has 0 aliphatic heterocycles. The summed E-state index contributed by atoms with van der Waals surface area (Å²) in [4.78, 5) is 4.36. The van der Waals surface area contributed by atoms with Crippen LogP contribution in [0.4, 0.5) is 8.78 Å². The lowest BCUT2D eigenvalue weighted by Gasteiger charge is -2.65. The van der Waals surface area contributed by atoms with E-state index in [-0.39, 0.29) is 35.0 Å². The lowest BCUT2D eigenvalue weighted by molar-refractivity contribution is -0.189. The zero-order valence-electron chi connectivity index (χ0n) is 17.5. The van der Waals surface area contributed by atoms with Gasteiger partial charge in [0.15, 0.2) is 0 Å². The summed E-state index contributed by atoms with van der Waals surface area (Å²) in [5.41, 5.74) is 3.29. The fourth-order valence-electron chi connectivity index (χ4n) is 8.37. The van der Waals surface area contributed by atoms with Crippen molar-refractivity contribution in [3.63, 3.8) is 0 Å². The molecular formula is C25H33F2N. The first-order valence-corrected chi connectivity index (χ1v) is 11.2. The maximum atomic E-state index is 14.2. The van der Waals surface area contributed by atoms with Gasteiger partial charge in [0.2, 0.25) is 5.92 Å². The second-order valence-electron chi connectivity index (χ2n) is 11.0. The monoisotopic (exact) mass is 385 g/mol. The number of halogens is 2. The molecule has 1 heterocycles. The first-order valence-electron chi connectivity index (χ1n) is 11.2. The minimum Gasteiger partial charge on any atom is -0.264 e. The number of fused-ring (bicyclic) bond motifs is 5. The Morgan fingerprint density at radius 1 is 0.964 bits per heavy atom. The molecule has 3 saturated carbocycles. The summed E-state index contributed by atoms with van der Waals surface area (Å²) in [6.45, 7) is 7.34. The molecule has 152 valence electrons. The predicted octanol–water partition coefficient (Wildman–Crippen LogP) is 7.14. The Kier molecular flexibility index (Phi) is 3.95. The zero-order valence-corrected chi connectivity index (χ0v) is 17.5. The average Bonchev–Trinajstić information content (AvgIpc) is 3.02. The van der Waals surface area contributed by atoms with Crippen molar-refractivity contribution in [1.82, 2.24) is 4.98 Å². The second kappa shape index (κ2) is 5.89. The predicted molar refractivity (Wildman–Crippen MR) is 109 cm³/mol. The van der Waals surface area contributed by atoms with Crippen LogP contribution in [0.3, 0.4) is 0 Å². The van der Waals surface area contributed by atoms with Crippen molar-refractivity contribution >= 4 is 5.57 Å². The molecule has 0 spiro atoms. The van der Waals surface area contributed by atoms with E-state index in [1.807, 2.05) is 18.5 Å².